The molecular formula is C29H26ClN5. The second kappa shape index (κ2) is 8.43. The summed E-state index contributed by atoms with van der Waals surface area (Å²) >= 11 is 6.83. The van der Waals surface area contributed by atoms with E-state index in [0.29, 0.717) is 10.9 Å². The Labute approximate surface area is 209 Å². The van der Waals surface area contributed by atoms with E-state index in [2.05, 4.69) is 44.6 Å². The van der Waals surface area contributed by atoms with Crippen LogP contribution in [0.4, 0.5) is 0 Å². The van der Waals surface area contributed by atoms with E-state index >= 15 is 0 Å². The molecule has 35 heavy (non-hydrogen) atoms. The zero-order valence-electron chi connectivity index (χ0n) is 19.4. The van der Waals surface area contributed by atoms with Crippen molar-refractivity contribution < 1.29 is 0 Å². The molecule has 1 saturated carbocycles. The third-order valence-corrected chi connectivity index (χ3v) is 7.96. The fourth-order valence-corrected chi connectivity index (χ4v) is 5.83. The van der Waals surface area contributed by atoms with E-state index in [9.17, 15) is 0 Å². The fraction of sp³-hybridized carbons (Fsp3) is 0.276. The number of likely N-dealkylation sites (tertiary alicyclic amines) is 1. The molecule has 1 aliphatic heterocycles. The number of pyridine rings is 1. The van der Waals surface area contributed by atoms with Crippen molar-refractivity contribution >= 4 is 28.0 Å². The van der Waals surface area contributed by atoms with Crippen LogP contribution in [0, 0.1) is 5.92 Å². The van der Waals surface area contributed by atoms with Crippen molar-refractivity contribution in [2.45, 2.75) is 25.2 Å². The summed E-state index contributed by atoms with van der Waals surface area (Å²) in [5, 5.41) is 1.71. The van der Waals surface area contributed by atoms with Crippen LogP contribution in [0.2, 0.25) is 5.02 Å². The number of rotatable bonds is 5. The molecule has 0 radical (unpaired) electrons. The highest BCUT2D eigenvalue weighted by atomic mass is 35.5. The first-order valence-corrected chi connectivity index (χ1v) is 12.8. The Morgan fingerprint density at radius 2 is 1.83 bits per heavy atom. The van der Waals surface area contributed by atoms with Gasteiger partial charge in [-0.1, -0.05) is 48.0 Å². The maximum atomic E-state index is 6.83. The zero-order chi connectivity index (χ0) is 23.4. The first-order chi connectivity index (χ1) is 17.2. The van der Waals surface area contributed by atoms with Crippen molar-refractivity contribution in [1.82, 2.24) is 24.3 Å². The molecule has 0 N–H and O–H groups in total. The second-order valence-corrected chi connectivity index (χ2v) is 10.3. The highest BCUT2D eigenvalue weighted by Gasteiger charge is 2.35. The standard InChI is InChI=1S/C29H26ClN5/c30-24-15-21-7-8-25(20-5-2-1-3-6-20)32-26(21)16-23(24)29-33-28(27-17-31-9-12-35(27)29)22-13-19(14-22)18-34-10-4-11-34/h1-3,5-9,12,15-17,19,22H,4,10-11,13-14,18H2. The van der Waals surface area contributed by atoms with E-state index in [1.54, 1.807) is 0 Å². The molecule has 1 saturated heterocycles. The van der Waals surface area contributed by atoms with Crippen molar-refractivity contribution in [3.8, 4) is 22.6 Å². The quantitative estimate of drug-likeness (QED) is 0.290. The predicted octanol–water partition coefficient (Wildman–Crippen LogP) is 6.46. The molecule has 3 aromatic heterocycles. The molecule has 5 aromatic rings. The molecule has 0 bridgehead atoms. The number of hydrogen-bond donors (Lipinski definition) is 0. The molecule has 0 atom stereocenters. The second-order valence-electron chi connectivity index (χ2n) is 9.93. The van der Waals surface area contributed by atoms with Crippen LogP contribution in [0.15, 0.2) is 73.2 Å². The van der Waals surface area contributed by atoms with Gasteiger partial charge in [-0.25, -0.2) is 9.97 Å². The smallest absolute Gasteiger partial charge is 0.146 e. The first-order valence-electron chi connectivity index (χ1n) is 12.4. The number of imidazole rings is 1. The van der Waals surface area contributed by atoms with Gasteiger partial charge in [-0.2, -0.15) is 0 Å². The van der Waals surface area contributed by atoms with Crippen LogP contribution in [0.1, 0.15) is 30.9 Å². The molecule has 174 valence electrons. The lowest BCUT2D eigenvalue weighted by atomic mass is 9.72. The highest BCUT2D eigenvalue weighted by Crippen LogP contribution is 2.44. The fourth-order valence-electron chi connectivity index (χ4n) is 5.57. The third kappa shape index (κ3) is 3.70. The lowest BCUT2D eigenvalue weighted by molar-refractivity contribution is 0.109. The number of nitrogens with zero attached hydrogens (tertiary/aromatic N) is 5. The molecule has 0 amide bonds. The summed E-state index contributed by atoms with van der Waals surface area (Å²) in [7, 11) is 0. The van der Waals surface area contributed by atoms with Crippen LogP contribution in [0.5, 0.6) is 0 Å². The van der Waals surface area contributed by atoms with E-state index in [1.807, 2.05) is 42.9 Å². The minimum atomic E-state index is 0.483. The van der Waals surface area contributed by atoms with E-state index in [0.717, 1.165) is 50.7 Å². The van der Waals surface area contributed by atoms with Gasteiger partial charge in [-0.3, -0.25) is 9.38 Å². The van der Waals surface area contributed by atoms with Crippen molar-refractivity contribution in [3.63, 3.8) is 0 Å². The number of fused-ring (bicyclic) bond motifs is 2. The van der Waals surface area contributed by atoms with Crippen LogP contribution in [0.25, 0.3) is 39.1 Å². The summed E-state index contributed by atoms with van der Waals surface area (Å²) in [5.41, 5.74) is 6.10. The van der Waals surface area contributed by atoms with E-state index in [4.69, 9.17) is 21.6 Å². The maximum Gasteiger partial charge on any atom is 0.146 e. The largest absolute Gasteiger partial charge is 0.303 e. The molecule has 0 spiro atoms. The molecule has 2 fully saturated rings. The van der Waals surface area contributed by atoms with Gasteiger partial charge in [0.05, 0.1) is 33.6 Å². The molecule has 7 rings (SSSR count). The minimum Gasteiger partial charge on any atom is -0.303 e. The SMILES string of the molecule is Clc1cc2ccc(-c3ccccc3)nc2cc1-c1nc(C2CC(CN3CCC3)C2)c2cnccn12. The van der Waals surface area contributed by atoms with Crippen LogP contribution in [0.3, 0.4) is 0 Å². The van der Waals surface area contributed by atoms with Gasteiger partial charge in [0.25, 0.3) is 0 Å². The summed E-state index contributed by atoms with van der Waals surface area (Å²) in [4.78, 5) is 17.1. The molecular weight excluding hydrogens is 454 g/mol. The molecule has 4 heterocycles. The Morgan fingerprint density at radius 1 is 0.971 bits per heavy atom. The molecule has 2 aliphatic rings. The van der Waals surface area contributed by atoms with Crippen LogP contribution < -0.4 is 0 Å². The summed E-state index contributed by atoms with van der Waals surface area (Å²) < 4.78 is 2.14. The first kappa shape index (κ1) is 21.0. The van der Waals surface area contributed by atoms with E-state index in [1.165, 1.54) is 38.9 Å². The van der Waals surface area contributed by atoms with Crippen LogP contribution in [-0.4, -0.2) is 43.9 Å². The lowest BCUT2D eigenvalue weighted by Gasteiger charge is -2.41. The predicted molar refractivity (Wildman–Crippen MR) is 141 cm³/mol. The normalized spacial score (nSPS) is 20.1. The van der Waals surface area contributed by atoms with Crippen molar-refractivity contribution in [2.24, 2.45) is 5.92 Å². The number of halogens is 1. The van der Waals surface area contributed by atoms with Gasteiger partial charge in [0.2, 0.25) is 0 Å². The van der Waals surface area contributed by atoms with Gasteiger partial charge < -0.3 is 4.90 Å². The molecule has 0 unspecified atom stereocenters. The Balaban J connectivity index is 1.27. The highest BCUT2D eigenvalue weighted by molar-refractivity contribution is 6.34. The summed E-state index contributed by atoms with van der Waals surface area (Å²) in [6.45, 7) is 3.77. The van der Waals surface area contributed by atoms with Gasteiger partial charge in [0.15, 0.2) is 0 Å². The number of benzene rings is 2. The van der Waals surface area contributed by atoms with E-state index in [-0.39, 0.29) is 0 Å². The van der Waals surface area contributed by atoms with Gasteiger partial charge in [-0.15, -0.1) is 0 Å². The van der Waals surface area contributed by atoms with Gasteiger partial charge in [-0.05, 0) is 56.5 Å². The van der Waals surface area contributed by atoms with Crippen LogP contribution >= 0.6 is 11.6 Å². The van der Waals surface area contributed by atoms with Gasteiger partial charge in [0.1, 0.15) is 5.82 Å². The minimum absolute atomic E-state index is 0.483. The lowest BCUT2D eigenvalue weighted by Crippen LogP contribution is -2.43. The van der Waals surface area contributed by atoms with Crippen molar-refractivity contribution in [3.05, 3.63) is 83.9 Å². The van der Waals surface area contributed by atoms with Crippen molar-refractivity contribution in [2.75, 3.05) is 19.6 Å². The molecule has 1 aliphatic carbocycles. The topological polar surface area (TPSA) is 46.3 Å². The summed E-state index contributed by atoms with van der Waals surface area (Å²) in [6.07, 6.45) is 9.50. The third-order valence-electron chi connectivity index (χ3n) is 7.65. The molecule has 5 nitrogen and oxygen atoms in total. The zero-order valence-corrected chi connectivity index (χ0v) is 20.2. The Kier molecular flexibility index (Phi) is 5.07. The monoisotopic (exact) mass is 479 g/mol. The average molecular weight is 480 g/mol. The molecule has 2 aromatic carbocycles. The van der Waals surface area contributed by atoms with E-state index < -0.39 is 0 Å². The number of hydrogen-bond acceptors (Lipinski definition) is 4. The average Bonchev–Trinajstić information content (AvgIpc) is 3.21. The Bertz CT molecular complexity index is 1530. The Hall–Kier alpha value is -3.28. The summed E-state index contributed by atoms with van der Waals surface area (Å²) in [6, 6.07) is 18.5. The van der Waals surface area contributed by atoms with Crippen LogP contribution in [-0.2, 0) is 0 Å². The van der Waals surface area contributed by atoms with Gasteiger partial charge >= 0.3 is 0 Å². The summed E-state index contributed by atoms with van der Waals surface area (Å²) in [5.74, 6) is 2.13. The Morgan fingerprint density at radius 3 is 2.63 bits per heavy atom. The number of aromatic nitrogens is 4. The molecule has 6 heteroatoms. The maximum absolute atomic E-state index is 6.83. The van der Waals surface area contributed by atoms with Gasteiger partial charge in [0, 0.05) is 41.4 Å². The van der Waals surface area contributed by atoms with Crippen molar-refractivity contribution in [1.29, 1.82) is 0 Å².